The lowest BCUT2D eigenvalue weighted by atomic mass is 9.95. The summed E-state index contributed by atoms with van der Waals surface area (Å²) in [4.78, 5) is 35.5. The van der Waals surface area contributed by atoms with Gasteiger partial charge in [-0.1, -0.05) is 25.3 Å². The van der Waals surface area contributed by atoms with E-state index in [2.05, 4.69) is 10.6 Å². The van der Waals surface area contributed by atoms with Crippen molar-refractivity contribution in [2.75, 3.05) is 11.9 Å². The zero-order valence-corrected chi connectivity index (χ0v) is 16.3. The second-order valence-corrected chi connectivity index (χ2v) is 7.26. The Balaban J connectivity index is 1.58. The van der Waals surface area contributed by atoms with E-state index in [0.717, 1.165) is 24.0 Å². The van der Waals surface area contributed by atoms with Gasteiger partial charge in [0.1, 0.15) is 0 Å². The highest BCUT2D eigenvalue weighted by Crippen LogP contribution is 2.17. The minimum atomic E-state index is -0.462. The second kappa shape index (κ2) is 10.7. The number of hydrogen-bond donors (Lipinski definition) is 2. The van der Waals surface area contributed by atoms with Crippen LogP contribution < -0.4 is 10.6 Å². The summed E-state index contributed by atoms with van der Waals surface area (Å²) < 4.78 is 4.98. The van der Waals surface area contributed by atoms with Crippen molar-refractivity contribution in [1.82, 2.24) is 5.32 Å². The number of ether oxygens (including phenoxy) is 1. The molecule has 1 aromatic rings. The molecule has 1 fully saturated rings. The van der Waals surface area contributed by atoms with Crippen LogP contribution >= 0.6 is 0 Å². The SMILES string of the molecule is Cc1ccc(NC(=O)COC(=O)CCCC(=O)NC2CCCCC2)cc1C. The molecule has 2 N–H and O–H groups in total. The third-order valence-electron chi connectivity index (χ3n) is 4.91. The molecule has 1 aliphatic carbocycles. The summed E-state index contributed by atoms with van der Waals surface area (Å²) in [6.07, 6.45) is 6.54. The van der Waals surface area contributed by atoms with Crippen LogP contribution in [0.4, 0.5) is 5.69 Å². The molecule has 148 valence electrons. The number of carbonyl (C=O) groups excluding carboxylic acids is 3. The van der Waals surface area contributed by atoms with E-state index in [0.29, 0.717) is 18.5 Å². The summed E-state index contributed by atoms with van der Waals surface area (Å²) in [5, 5.41) is 5.73. The molecule has 0 aliphatic heterocycles. The lowest BCUT2D eigenvalue weighted by Crippen LogP contribution is -2.36. The molecule has 1 saturated carbocycles. The van der Waals surface area contributed by atoms with Gasteiger partial charge >= 0.3 is 5.97 Å². The number of esters is 1. The monoisotopic (exact) mass is 374 g/mol. The zero-order valence-electron chi connectivity index (χ0n) is 16.3. The first-order valence-electron chi connectivity index (χ1n) is 9.76. The maximum Gasteiger partial charge on any atom is 0.306 e. The van der Waals surface area contributed by atoms with Gasteiger partial charge in [-0.15, -0.1) is 0 Å². The van der Waals surface area contributed by atoms with Gasteiger partial charge in [-0.05, 0) is 56.4 Å². The predicted octanol–water partition coefficient (Wildman–Crippen LogP) is 3.40. The van der Waals surface area contributed by atoms with Crippen LogP contribution in [0, 0.1) is 13.8 Å². The summed E-state index contributed by atoms with van der Waals surface area (Å²) in [5.41, 5.74) is 2.90. The molecule has 0 radical (unpaired) electrons. The van der Waals surface area contributed by atoms with Gasteiger partial charge in [0, 0.05) is 24.6 Å². The summed E-state index contributed by atoms with van der Waals surface area (Å²) in [7, 11) is 0. The number of rotatable bonds is 8. The molecule has 0 spiro atoms. The van der Waals surface area contributed by atoms with Crippen LogP contribution in [-0.4, -0.2) is 30.4 Å². The summed E-state index contributed by atoms with van der Waals surface area (Å²) >= 11 is 0. The second-order valence-electron chi connectivity index (χ2n) is 7.26. The van der Waals surface area contributed by atoms with E-state index in [1.165, 1.54) is 19.3 Å². The van der Waals surface area contributed by atoms with E-state index < -0.39 is 5.97 Å². The van der Waals surface area contributed by atoms with Gasteiger partial charge in [0.05, 0.1) is 0 Å². The van der Waals surface area contributed by atoms with Crippen LogP contribution in [0.15, 0.2) is 18.2 Å². The van der Waals surface area contributed by atoms with Gasteiger partial charge in [-0.25, -0.2) is 0 Å². The van der Waals surface area contributed by atoms with Crippen LogP contribution in [0.2, 0.25) is 0 Å². The highest BCUT2D eigenvalue weighted by molar-refractivity contribution is 5.92. The highest BCUT2D eigenvalue weighted by Gasteiger charge is 2.16. The van der Waals surface area contributed by atoms with Gasteiger partial charge in [-0.2, -0.15) is 0 Å². The largest absolute Gasteiger partial charge is 0.456 e. The van der Waals surface area contributed by atoms with Crippen LogP contribution in [0.25, 0.3) is 0 Å². The van der Waals surface area contributed by atoms with Gasteiger partial charge < -0.3 is 15.4 Å². The van der Waals surface area contributed by atoms with Crippen molar-refractivity contribution in [2.24, 2.45) is 0 Å². The Bertz CT molecular complexity index is 666. The molecule has 0 bridgehead atoms. The minimum absolute atomic E-state index is 0.0119. The Morgan fingerprint density at radius 3 is 2.44 bits per heavy atom. The van der Waals surface area contributed by atoms with Gasteiger partial charge in [-0.3, -0.25) is 14.4 Å². The van der Waals surface area contributed by atoms with Crippen LogP contribution in [0.3, 0.4) is 0 Å². The fraction of sp³-hybridized carbons (Fsp3) is 0.571. The van der Waals surface area contributed by atoms with E-state index in [9.17, 15) is 14.4 Å². The van der Waals surface area contributed by atoms with E-state index in [1.54, 1.807) is 0 Å². The quantitative estimate of drug-likeness (QED) is 0.683. The minimum Gasteiger partial charge on any atom is -0.456 e. The van der Waals surface area contributed by atoms with Crippen LogP contribution in [0.5, 0.6) is 0 Å². The molecule has 1 aliphatic rings. The Hall–Kier alpha value is -2.37. The van der Waals surface area contributed by atoms with Crippen molar-refractivity contribution in [1.29, 1.82) is 0 Å². The van der Waals surface area contributed by atoms with Crippen LogP contribution in [0.1, 0.15) is 62.5 Å². The molecule has 6 heteroatoms. The average Bonchev–Trinajstić information content (AvgIpc) is 2.64. The number of hydrogen-bond acceptors (Lipinski definition) is 4. The van der Waals surface area contributed by atoms with Crippen molar-refractivity contribution < 1.29 is 19.1 Å². The van der Waals surface area contributed by atoms with E-state index >= 15 is 0 Å². The number of carbonyl (C=O) groups is 3. The normalized spacial score (nSPS) is 14.4. The van der Waals surface area contributed by atoms with E-state index in [4.69, 9.17) is 4.74 Å². The average molecular weight is 374 g/mol. The molecule has 6 nitrogen and oxygen atoms in total. The smallest absolute Gasteiger partial charge is 0.306 e. The standard InChI is InChI=1S/C21H30N2O4/c1-15-11-12-18(13-16(15)2)23-20(25)14-27-21(26)10-6-9-19(24)22-17-7-4-3-5-8-17/h11-13,17H,3-10,14H2,1-2H3,(H,22,24)(H,23,25). The molecule has 0 unspecified atom stereocenters. The Morgan fingerprint density at radius 2 is 1.74 bits per heavy atom. The molecule has 2 rings (SSSR count). The number of amides is 2. The Kier molecular flexibility index (Phi) is 8.30. The third kappa shape index (κ3) is 7.81. The first-order valence-corrected chi connectivity index (χ1v) is 9.76. The predicted molar refractivity (Wildman–Crippen MR) is 104 cm³/mol. The highest BCUT2D eigenvalue weighted by atomic mass is 16.5. The lowest BCUT2D eigenvalue weighted by molar-refractivity contribution is -0.147. The van der Waals surface area contributed by atoms with E-state index in [-0.39, 0.29) is 30.9 Å². The van der Waals surface area contributed by atoms with Crippen molar-refractivity contribution in [3.63, 3.8) is 0 Å². The molecule has 0 heterocycles. The van der Waals surface area contributed by atoms with Crippen LogP contribution in [-0.2, 0) is 19.1 Å². The lowest BCUT2D eigenvalue weighted by Gasteiger charge is -2.22. The van der Waals surface area contributed by atoms with Gasteiger partial charge in [0.2, 0.25) is 5.91 Å². The van der Waals surface area contributed by atoms with Gasteiger partial charge in [0.15, 0.2) is 6.61 Å². The fourth-order valence-corrected chi connectivity index (χ4v) is 3.17. The molecule has 1 aromatic carbocycles. The first kappa shape index (κ1) is 20.9. The number of aryl methyl sites for hydroxylation is 2. The van der Waals surface area contributed by atoms with Crippen molar-refractivity contribution in [2.45, 2.75) is 71.3 Å². The fourth-order valence-electron chi connectivity index (χ4n) is 3.17. The third-order valence-corrected chi connectivity index (χ3v) is 4.91. The van der Waals surface area contributed by atoms with Crippen molar-refractivity contribution in [3.05, 3.63) is 29.3 Å². The topological polar surface area (TPSA) is 84.5 Å². The first-order chi connectivity index (χ1) is 12.9. The Morgan fingerprint density at radius 1 is 1.00 bits per heavy atom. The number of nitrogens with one attached hydrogen (secondary N) is 2. The Labute approximate surface area is 161 Å². The molecule has 27 heavy (non-hydrogen) atoms. The molecule has 0 aromatic heterocycles. The maximum absolute atomic E-state index is 11.9. The summed E-state index contributed by atoms with van der Waals surface area (Å²) in [5.74, 6) is -0.848. The van der Waals surface area contributed by atoms with E-state index in [1.807, 2.05) is 32.0 Å². The molecular formula is C21H30N2O4. The van der Waals surface area contributed by atoms with Crippen molar-refractivity contribution >= 4 is 23.5 Å². The zero-order chi connectivity index (χ0) is 19.6. The van der Waals surface area contributed by atoms with Gasteiger partial charge in [0.25, 0.3) is 5.91 Å². The molecule has 0 atom stereocenters. The molecule has 2 amide bonds. The number of benzene rings is 1. The molecular weight excluding hydrogens is 344 g/mol. The summed E-state index contributed by atoms with van der Waals surface area (Å²) in [6.45, 7) is 3.65. The molecule has 0 saturated heterocycles. The maximum atomic E-state index is 11.9. The van der Waals surface area contributed by atoms with Crippen molar-refractivity contribution in [3.8, 4) is 0 Å². The number of anilines is 1. The summed E-state index contributed by atoms with van der Waals surface area (Å²) in [6, 6.07) is 5.90.